The highest BCUT2D eigenvalue weighted by atomic mass is 16.4. The van der Waals surface area contributed by atoms with Gasteiger partial charge in [-0.05, 0) is 6.92 Å². The molecule has 0 saturated carbocycles. The minimum atomic E-state index is -1.31. The lowest BCUT2D eigenvalue weighted by Crippen LogP contribution is -2.03. The number of hydrogen-bond acceptors (Lipinski definition) is 4. The topological polar surface area (TPSA) is 132 Å². The second-order valence-electron chi connectivity index (χ2n) is 1.39. The van der Waals surface area contributed by atoms with Crippen LogP contribution in [0.25, 0.3) is 0 Å². The van der Waals surface area contributed by atoms with Gasteiger partial charge in [-0.25, -0.2) is 0 Å². The van der Waals surface area contributed by atoms with Crippen LogP contribution in [0, 0.1) is 0 Å². The molecule has 0 radical (unpaired) electrons. The van der Waals surface area contributed by atoms with Crippen LogP contribution in [0.5, 0.6) is 0 Å². The lowest BCUT2D eigenvalue weighted by molar-refractivity contribution is -0.147. The van der Waals surface area contributed by atoms with Gasteiger partial charge >= 0.3 is 11.9 Å². The van der Waals surface area contributed by atoms with Crippen LogP contribution >= 0.6 is 0 Å². The third kappa shape index (κ3) is 129. The summed E-state index contributed by atoms with van der Waals surface area (Å²) in [6.45, 7) is 1.68. The second-order valence-corrected chi connectivity index (χ2v) is 1.39. The first kappa shape index (κ1) is 17.5. The molecule has 0 aliphatic heterocycles. The minimum Gasteiger partial charge on any atom is -0.483 e. The lowest BCUT2D eigenvalue weighted by atomic mass is 10.5. The Morgan fingerprint density at radius 2 is 1.38 bits per heavy atom. The Balaban J connectivity index is -0.000000140. The third-order valence-corrected chi connectivity index (χ3v) is 0.302. The Kier molecular flexibility index (Phi) is 22.5. The molecule has 0 amide bonds. The molecule has 7 heteroatoms. The molecule has 0 aromatic rings. The summed E-state index contributed by atoms with van der Waals surface area (Å²) >= 11 is 0. The molecule has 0 spiro atoms. The van der Waals surface area contributed by atoms with Crippen LogP contribution in [0.1, 0.15) is 13.3 Å². The first-order valence-corrected chi connectivity index (χ1v) is 3.08. The Labute approximate surface area is 74.2 Å². The summed E-state index contributed by atoms with van der Waals surface area (Å²) in [5.74, 6) is -2.62. The summed E-state index contributed by atoms with van der Waals surface area (Å²) in [5.41, 5.74) is 0. The number of carboxylic acid groups (broad SMARTS) is 3. The van der Waals surface area contributed by atoms with Gasteiger partial charge in [-0.1, -0.05) is 0 Å². The number of rotatable bonds is 2. The van der Waals surface area contributed by atoms with E-state index in [0.29, 0.717) is 0 Å². The number of carbonyl (C=O) groups is 3. The smallest absolute Gasteiger partial charge is 0.314 e. The third-order valence-electron chi connectivity index (χ3n) is 0.302. The molecule has 0 aromatic carbocycles. The van der Waals surface area contributed by atoms with Crippen molar-refractivity contribution in [3.8, 4) is 0 Å². The molecule has 0 rings (SSSR count). The number of hydrogen-bond donors (Lipinski definition) is 4. The standard InChI is InChI=1S/C3H4O4.C2H6O.CH2O2/c4-2(5)1-3(6)7;1-2-3;2-1-3/h1H2,(H,4,5)(H,6,7);3H,2H2,1H3;1H,(H,2,3). The largest absolute Gasteiger partial charge is 0.483 e. The Morgan fingerprint density at radius 1 is 1.23 bits per heavy atom. The molecule has 0 fully saturated rings. The van der Waals surface area contributed by atoms with Gasteiger partial charge in [0.2, 0.25) is 0 Å². The molecule has 0 bridgehead atoms. The molecule has 0 unspecified atom stereocenters. The van der Waals surface area contributed by atoms with Crippen molar-refractivity contribution in [3.05, 3.63) is 0 Å². The van der Waals surface area contributed by atoms with Gasteiger partial charge in [0.05, 0.1) is 0 Å². The first-order valence-electron chi connectivity index (χ1n) is 3.08. The van der Waals surface area contributed by atoms with Gasteiger partial charge in [-0.15, -0.1) is 0 Å². The van der Waals surface area contributed by atoms with E-state index in [2.05, 4.69) is 0 Å². The normalized spacial score (nSPS) is 6.62. The van der Waals surface area contributed by atoms with Gasteiger partial charge in [0.1, 0.15) is 6.42 Å². The van der Waals surface area contributed by atoms with E-state index in [1.54, 1.807) is 6.92 Å². The molecule has 0 aliphatic carbocycles. The van der Waals surface area contributed by atoms with Crippen molar-refractivity contribution in [2.75, 3.05) is 6.61 Å². The molecule has 4 N–H and O–H groups in total. The Morgan fingerprint density at radius 3 is 1.38 bits per heavy atom. The zero-order valence-electron chi connectivity index (χ0n) is 7.01. The van der Waals surface area contributed by atoms with Crippen molar-refractivity contribution in [2.45, 2.75) is 13.3 Å². The summed E-state index contributed by atoms with van der Waals surface area (Å²) in [4.78, 5) is 27.2. The van der Waals surface area contributed by atoms with Gasteiger partial charge in [-0.2, -0.15) is 0 Å². The van der Waals surface area contributed by atoms with E-state index >= 15 is 0 Å². The molecular formula is C6H12O7. The molecule has 0 aromatic heterocycles. The molecule has 7 nitrogen and oxygen atoms in total. The maximum atomic E-state index is 9.43. The van der Waals surface area contributed by atoms with Gasteiger partial charge in [0.25, 0.3) is 6.47 Å². The highest BCUT2D eigenvalue weighted by Gasteiger charge is 2.01. The molecule has 0 saturated heterocycles. The average Bonchev–Trinajstić information content (AvgIpc) is 1.86. The van der Waals surface area contributed by atoms with Gasteiger partial charge < -0.3 is 20.4 Å². The van der Waals surface area contributed by atoms with Crippen molar-refractivity contribution >= 4 is 18.4 Å². The van der Waals surface area contributed by atoms with E-state index in [1.807, 2.05) is 0 Å². The molecule has 13 heavy (non-hydrogen) atoms. The maximum absolute atomic E-state index is 9.43. The van der Waals surface area contributed by atoms with Crippen LogP contribution < -0.4 is 0 Å². The molecular weight excluding hydrogens is 184 g/mol. The van der Waals surface area contributed by atoms with Crippen LogP contribution in [-0.4, -0.2) is 45.4 Å². The molecule has 0 heterocycles. The van der Waals surface area contributed by atoms with E-state index in [0.717, 1.165) is 0 Å². The summed E-state index contributed by atoms with van der Waals surface area (Å²) < 4.78 is 0. The van der Waals surface area contributed by atoms with E-state index in [1.165, 1.54) is 0 Å². The number of aliphatic hydroxyl groups is 1. The van der Waals surface area contributed by atoms with Crippen LogP contribution in [0.15, 0.2) is 0 Å². The first-order chi connectivity index (χ1) is 5.95. The zero-order valence-corrected chi connectivity index (χ0v) is 7.01. The lowest BCUT2D eigenvalue weighted by Gasteiger charge is -1.80. The van der Waals surface area contributed by atoms with Gasteiger partial charge in [0.15, 0.2) is 0 Å². The van der Waals surface area contributed by atoms with E-state index in [4.69, 9.17) is 25.2 Å². The molecule has 78 valence electrons. The van der Waals surface area contributed by atoms with Gasteiger partial charge in [0, 0.05) is 6.61 Å². The average molecular weight is 196 g/mol. The second kappa shape index (κ2) is 16.8. The van der Waals surface area contributed by atoms with Crippen molar-refractivity contribution in [1.29, 1.82) is 0 Å². The van der Waals surface area contributed by atoms with Crippen molar-refractivity contribution < 1.29 is 34.8 Å². The summed E-state index contributed by atoms with van der Waals surface area (Å²) in [6.07, 6.45) is -0.806. The maximum Gasteiger partial charge on any atom is 0.314 e. The highest BCUT2D eigenvalue weighted by Crippen LogP contribution is 1.74. The fourth-order valence-electron chi connectivity index (χ4n) is 0.129. The Bertz CT molecular complexity index is 130. The zero-order chi connectivity index (χ0) is 11.3. The SMILES string of the molecule is CCO.O=C(O)CC(=O)O.O=CO. The monoisotopic (exact) mass is 196 g/mol. The number of aliphatic carboxylic acids is 2. The Hall–Kier alpha value is -1.63. The summed E-state index contributed by atoms with van der Waals surface area (Å²) in [6, 6.07) is 0. The van der Waals surface area contributed by atoms with Crippen molar-refractivity contribution in [1.82, 2.24) is 0 Å². The molecule has 0 atom stereocenters. The predicted octanol–water partition coefficient (Wildman–Crippen LogP) is -0.755. The van der Waals surface area contributed by atoms with Crippen LogP contribution in [0.2, 0.25) is 0 Å². The highest BCUT2D eigenvalue weighted by molar-refractivity contribution is 5.88. The fraction of sp³-hybridized carbons (Fsp3) is 0.500. The van der Waals surface area contributed by atoms with E-state index in [9.17, 15) is 9.59 Å². The number of carboxylic acids is 2. The van der Waals surface area contributed by atoms with Crippen molar-refractivity contribution in [2.24, 2.45) is 0 Å². The molecule has 0 aliphatic rings. The van der Waals surface area contributed by atoms with E-state index < -0.39 is 18.4 Å². The van der Waals surface area contributed by atoms with Crippen molar-refractivity contribution in [3.63, 3.8) is 0 Å². The number of aliphatic hydroxyl groups excluding tert-OH is 1. The quantitative estimate of drug-likeness (QED) is 0.337. The van der Waals surface area contributed by atoms with Gasteiger partial charge in [-0.3, -0.25) is 14.4 Å². The summed E-state index contributed by atoms with van der Waals surface area (Å²) in [7, 11) is 0. The predicted molar refractivity (Wildman–Crippen MR) is 41.3 cm³/mol. The van der Waals surface area contributed by atoms with E-state index in [-0.39, 0.29) is 13.1 Å². The van der Waals surface area contributed by atoms with Crippen LogP contribution in [0.4, 0.5) is 0 Å². The van der Waals surface area contributed by atoms with Crippen LogP contribution in [0.3, 0.4) is 0 Å². The minimum absolute atomic E-state index is 0.250. The van der Waals surface area contributed by atoms with Crippen LogP contribution in [-0.2, 0) is 14.4 Å². The fourth-order valence-corrected chi connectivity index (χ4v) is 0.129. The summed E-state index contributed by atoms with van der Waals surface area (Å²) in [5, 5.41) is 29.9.